The summed E-state index contributed by atoms with van der Waals surface area (Å²) in [4.78, 5) is 19.3. The first-order valence-corrected chi connectivity index (χ1v) is 9.84. The molecule has 0 saturated heterocycles. The van der Waals surface area contributed by atoms with Crippen molar-refractivity contribution in [2.45, 2.75) is 71.1 Å². The number of hydrogen-bond donors (Lipinski definition) is 1. The third kappa shape index (κ3) is 5.31. The fourth-order valence-corrected chi connectivity index (χ4v) is 3.66. The second-order valence-corrected chi connectivity index (χ2v) is 7.62. The second-order valence-electron chi connectivity index (χ2n) is 7.62. The van der Waals surface area contributed by atoms with Gasteiger partial charge in [0.05, 0.1) is 6.54 Å². The quantitative estimate of drug-likeness (QED) is 0.821. The van der Waals surface area contributed by atoms with E-state index in [0.29, 0.717) is 13.1 Å². The van der Waals surface area contributed by atoms with Gasteiger partial charge in [-0.25, -0.2) is 14.2 Å². The fourth-order valence-electron chi connectivity index (χ4n) is 3.66. The molecule has 1 N–H and O–H groups in total. The largest absolute Gasteiger partial charge is 0.336 e. The molecular weight excluding hydrogens is 343 g/mol. The van der Waals surface area contributed by atoms with Gasteiger partial charge in [0.15, 0.2) is 0 Å². The number of carbonyl (C=O) groups excluding carboxylic acids is 1. The number of imidazole rings is 1. The van der Waals surface area contributed by atoms with Crippen molar-refractivity contribution in [3.8, 4) is 0 Å². The van der Waals surface area contributed by atoms with E-state index in [4.69, 9.17) is 0 Å². The molecule has 0 unspecified atom stereocenters. The Morgan fingerprint density at radius 1 is 1.26 bits per heavy atom. The van der Waals surface area contributed by atoms with Crippen molar-refractivity contribution in [3.63, 3.8) is 0 Å². The zero-order valence-corrected chi connectivity index (χ0v) is 16.2. The van der Waals surface area contributed by atoms with Gasteiger partial charge >= 0.3 is 6.03 Å². The predicted octanol–water partition coefficient (Wildman–Crippen LogP) is 4.32. The van der Waals surface area contributed by atoms with Crippen LogP contribution in [0.15, 0.2) is 36.7 Å². The van der Waals surface area contributed by atoms with E-state index < -0.39 is 0 Å². The van der Waals surface area contributed by atoms with Crippen LogP contribution in [0.2, 0.25) is 0 Å². The summed E-state index contributed by atoms with van der Waals surface area (Å²) in [6, 6.07) is 6.84. The summed E-state index contributed by atoms with van der Waals surface area (Å²) in [5.74, 6) is 0.613. The lowest BCUT2D eigenvalue weighted by molar-refractivity contribution is 0.146. The highest BCUT2D eigenvalue weighted by atomic mass is 19.1. The van der Waals surface area contributed by atoms with E-state index in [1.54, 1.807) is 18.3 Å². The van der Waals surface area contributed by atoms with E-state index in [0.717, 1.165) is 24.2 Å². The van der Waals surface area contributed by atoms with E-state index in [9.17, 15) is 9.18 Å². The Morgan fingerprint density at radius 3 is 2.63 bits per heavy atom. The normalized spacial score (nSPS) is 15.1. The summed E-state index contributed by atoms with van der Waals surface area (Å²) in [7, 11) is 0. The third-order valence-corrected chi connectivity index (χ3v) is 5.07. The molecule has 0 bridgehead atoms. The van der Waals surface area contributed by atoms with Gasteiger partial charge in [-0.3, -0.25) is 0 Å². The smallest absolute Gasteiger partial charge is 0.318 e. The highest BCUT2D eigenvalue weighted by molar-refractivity contribution is 5.74. The summed E-state index contributed by atoms with van der Waals surface area (Å²) in [6.07, 6.45) is 9.35. The summed E-state index contributed by atoms with van der Waals surface area (Å²) in [5, 5.41) is 3.04. The number of amides is 2. The molecule has 0 radical (unpaired) electrons. The zero-order valence-electron chi connectivity index (χ0n) is 16.2. The van der Waals surface area contributed by atoms with E-state index in [2.05, 4.69) is 10.3 Å². The minimum Gasteiger partial charge on any atom is -0.336 e. The van der Waals surface area contributed by atoms with Gasteiger partial charge < -0.3 is 14.8 Å². The van der Waals surface area contributed by atoms with Crippen LogP contribution in [-0.2, 0) is 13.1 Å². The monoisotopic (exact) mass is 372 g/mol. The standard InChI is InChI=1S/C21H29FN4O/c1-16(2)24-21(27)26(19-6-4-3-5-7-19)15-20-23-12-13-25(20)14-17-8-10-18(22)11-9-17/h8-13,16,19H,3-7,14-15H2,1-2H3,(H,24,27). The van der Waals surface area contributed by atoms with Gasteiger partial charge in [-0.2, -0.15) is 0 Å². The number of aromatic nitrogens is 2. The number of hydrogen-bond acceptors (Lipinski definition) is 2. The molecular formula is C21H29FN4O. The van der Waals surface area contributed by atoms with Gasteiger partial charge in [-0.15, -0.1) is 0 Å². The highest BCUT2D eigenvalue weighted by Gasteiger charge is 2.27. The minimum absolute atomic E-state index is 0.0202. The van der Waals surface area contributed by atoms with E-state index >= 15 is 0 Å². The van der Waals surface area contributed by atoms with Gasteiger partial charge in [0, 0.05) is 31.0 Å². The fraction of sp³-hybridized carbons (Fsp3) is 0.524. The molecule has 6 heteroatoms. The molecule has 0 atom stereocenters. The van der Waals surface area contributed by atoms with Crippen LogP contribution < -0.4 is 5.32 Å². The van der Waals surface area contributed by atoms with Crippen molar-refractivity contribution < 1.29 is 9.18 Å². The first-order chi connectivity index (χ1) is 13.0. The van der Waals surface area contributed by atoms with E-state index in [-0.39, 0.29) is 23.9 Å². The molecule has 146 valence electrons. The third-order valence-electron chi connectivity index (χ3n) is 5.07. The Labute approximate surface area is 160 Å². The Balaban J connectivity index is 1.76. The Hall–Kier alpha value is -2.37. The van der Waals surface area contributed by atoms with E-state index in [1.807, 2.05) is 29.5 Å². The molecule has 0 aliphatic heterocycles. The molecule has 1 saturated carbocycles. The molecule has 1 aliphatic carbocycles. The predicted molar refractivity (Wildman–Crippen MR) is 104 cm³/mol. The summed E-state index contributed by atoms with van der Waals surface area (Å²) >= 11 is 0. The maximum atomic E-state index is 13.1. The van der Waals surface area contributed by atoms with Crippen LogP contribution in [0.1, 0.15) is 57.3 Å². The molecule has 1 aromatic heterocycles. The van der Waals surface area contributed by atoms with Gasteiger partial charge in [0.1, 0.15) is 11.6 Å². The molecule has 3 rings (SSSR count). The number of urea groups is 1. The van der Waals surface area contributed by atoms with Crippen LogP contribution in [0.3, 0.4) is 0 Å². The molecule has 1 aliphatic rings. The van der Waals surface area contributed by atoms with E-state index in [1.165, 1.54) is 31.4 Å². The summed E-state index contributed by atoms with van der Waals surface area (Å²) in [6.45, 7) is 5.05. The molecule has 5 nitrogen and oxygen atoms in total. The molecule has 2 amide bonds. The number of halogens is 1. The van der Waals surface area contributed by atoms with Crippen molar-refractivity contribution in [3.05, 3.63) is 53.9 Å². The van der Waals surface area contributed by atoms with Gasteiger partial charge in [-0.1, -0.05) is 31.4 Å². The average molecular weight is 372 g/mol. The molecule has 1 aromatic carbocycles. The first kappa shape index (κ1) is 19.4. The van der Waals surface area contributed by atoms with Crippen LogP contribution in [0.5, 0.6) is 0 Å². The van der Waals surface area contributed by atoms with Crippen molar-refractivity contribution in [1.82, 2.24) is 19.8 Å². The zero-order chi connectivity index (χ0) is 19.2. The molecule has 2 aromatic rings. The highest BCUT2D eigenvalue weighted by Crippen LogP contribution is 2.24. The molecule has 0 spiro atoms. The maximum absolute atomic E-state index is 13.1. The van der Waals surface area contributed by atoms with Crippen LogP contribution >= 0.6 is 0 Å². The molecule has 1 heterocycles. The van der Waals surface area contributed by atoms with Crippen LogP contribution in [0.4, 0.5) is 9.18 Å². The van der Waals surface area contributed by atoms with Gasteiger partial charge in [0.2, 0.25) is 0 Å². The van der Waals surface area contributed by atoms with Crippen LogP contribution in [-0.4, -0.2) is 32.6 Å². The number of benzene rings is 1. The second kappa shape index (κ2) is 9.02. The average Bonchev–Trinajstić information content (AvgIpc) is 3.08. The first-order valence-electron chi connectivity index (χ1n) is 9.84. The number of nitrogens with one attached hydrogen (secondary N) is 1. The summed E-state index contributed by atoms with van der Waals surface area (Å²) in [5.41, 5.74) is 1.01. The topological polar surface area (TPSA) is 50.2 Å². The Kier molecular flexibility index (Phi) is 6.48. The lowest BCUT2D eigenvalue weighted by Gasteiger charge is -2.34. The van der Waals surface area contributed by atoms with Crippen LogP contribution in [0.25, 0.3) is 0 Å². The van der Waals surface area contributed by atoms with Crippen molar-refractivity contribution in [2.75, 3.05) is 0 Å². The number of carbonyl (C=O) groups is 1. The van der Waals surface area contributed by atoms with Crippen molar-refractivity contribution in [1.29, 1.82) is 0 Å². The number of nitrogens with zero attached hydrogens (tertiary/aromatic N) is 3. The Bertz CT molecular complexity index is 735. The number of rotatable bonds is 6. The lowest BCUT2D eigenvalue weighted by atomic mass is 9.94. The van der Waals surface area contributed by atoms with Gasteiger partial charge in [-0.05, 0) is 44.4 Å². The van der Waals surface area contributed by atoms with Gasteiger partial charge in [0.25, 0.3) is 0 Å². The van der Waals surface area contributed by atoms with Crippen molar-refractivity contribution >= 4 is 6.03 Å². The summed E-state index contributed by atoms with van der Waals surface area (Å²) < 4.78 is 15.2. The molecule has 27 heavy (non-hydrogen) atoms. The SMILES string of the molecule is CC(C)NC(=O)N(Cc1nccn1Cc1ccc(F)cc1)C1CCCCC1. The van der Waals surface area contributed by atoms with Crippen molar-refractivity contribution in [2.24, 2.45) is 0 Å². The maximum Gasteiger partial charge on any atom is 0.318 e. The minimum atomic E-state index is -0.238. The lowest BCUT2D eigenvalue weighted by Crippen LogP contribution is -2.48. The Morgan fingerprint density at radius 2 is 1.96 bits per heavy atom. The molecule has 1 fully saturated rings. The van der Waals surface area contributed by atoms with Crippen LogP contribution in [0, 0.1) is 5.82 Å².